The lowest BCUT2D eigenvalue weighted by Crippen LogP contribution is -2.61. The predicted octanol–water partition coefficient (Wildman–Crippen LogP) is 2.24. The van der Waals surface area contributed by atoms with E-state index in [0.29, 0.717) is 0 Å². The number of ether oxygens (including phenoxy) is 1. The smallest absolute Gasteiger partial charge is 0.111 e. The molecule has 6 atom stereocenters. The van der Waals surface area contributed by atoms with E-state index in [1.54, 1.807) is 6.92 Å². The zero-order valence-electron chi connectivity index (χ0n) is 13.4. The van der Waals surface area contributed by atoms with Crippen molar-refractivity contribution in [2.24, 2.45) is 5.41 Å². The molecule has 4 nitrogen and oxygen atoms in total. The highest BCUT2D eigenvalue weighted by atomic mass is 16.5. The van der Waals surface area contributed by atoms with Gasteiger partial charge >= 0.3 is 0 Å². The van der Waals surface area contributed by atoms with Crippen molar-refractivity contribution in [2.45, 2.75) is 96.7 Å². The minimum absolute atomic E-state index is 0.154. The van der Waals surface area contributed by atoms with E-state index in [0.717, 1.165) is 32.1 Å². The van der Waals surface area contributed by atoms with E-state index in [9.17, 15) is 15.3 Å². The maximum Gasteiger partial charge on any atom is 0.111 e. The molecule has 0 radical (unpaired) electrons. The fourth-order valence-electron chi connectivity index (χ4n) is 3.39. The number of rotatable bonds is 7. The van der Waals surface area contributed by atoms with Gasteiger partial charge in [-0.2, -0.15) is 0 Å². The van der Waals surface area contributed by atoms with Gasteiger partial charge in [0.05, 0.1) is 12.2 Å². The van der Waals surface area contributed by atoms with Crippen LogP contribution in [0.1, 0.15) is 66.2 Å². The lowest BCUT2D eigenvalue weighted by molar-refractivity contribution is -0.246. The van der Waals surface area contributed by atoms with Gasteiger partial charge in [0.2, 0.25) is 0 Å². The monoisotopic (exact) mass is 288 g/mol. The van der Waals surface area contributed by atoms with Crippen LogP contribution in [0.3, 0.4) is 0 Å². The largest absolute Gasteiger partial charge is 0.388 e. The summed E-state index contributed by atoms with van der Waals surface area (Å²) in [5.74, 6) is 0. The van der Waals surface area contributed by atoms with Gasteiger partial charge in [-0.05, 0) is 25.2 Å². The highest BCUT2D eigenvalue weighted by Crippen LogP contribution is 2.41. The molecule has 0 spiro atoms. The number of hydrogen-bond donors (Lipinski definition) is 3. The Morgan fingerprint density at radius 2 is 1.55 bits per heavy atom. The number of unbranched alkanes of at least 4 members (excludes halogenated alkanes) is 2. The second-order valence-corrected chi connectivity index (χ2v) is 6.59. The normalized spacial score (nSPS) is 37.6. The van der Waals surface area contributed by atoms with Crippen LogP contribution >= 0.6 is 0 Å². The maximum absolute atomic E-state index is 10.3. The van der Waals surface area contributed by atoms with E-state index in [2.05, 4.69) is 20.8 Å². The van der Waals surface area contributed by atoms with Crippen molar-refractivity contribution in [3.05, 3.63) is 0 Å². The molecule has 3 N–H and O–H groups in total. The van der Waals surface area contributed by atoms with Crippen molar-refractivity contribution in [1.82, 2.24) is 0 Å². The van der Waals surface area contributed by atoms with Crippen molar-refractivity contribution in [1.29, 1.82) is 0 Å². The highest BCUT2D eigenvalue weighted by molar-refractivity contribution is 4.98. The SMILES string of the molecule is CCCCCC(C)(CCC)[C@@H]1O[C@@H](C)C(O)C(O)C1O. The van der Waals surface area contributed by atoms with Crippen LogP contribution in [0, 0.1) is 5.41 Å². The Kier molecular flexibility index (Phi) is 6.92. The first-order chi connectivity index (χ1) is 9.37. The summed E-state index contributed by atoms with van der Waals surface area (Å²) in [6, 6.07) is 0. The second kappa shape index (κ2) is 7.74. The molecule has 0 saturated carbocycles. The maximum atomic E-state index is 10.3. The molecule has 1 saturated heterocycles. The third kappa shape index (κ3) is 3.94. The van der Waals surface area contributed by atoms with Gasteiger partial charge in [0.15, 0.2) is 0 Å². The van der Waals surface area contributed by atoms with Crippen LogP contribution in [-0.2, 0) is 4.74 Å². The van der Waals surface area contributed by atoms with E-state index in [-0.39, 0.29) is 5.41 Å². The lowest BCUT2D eigenvalue weighted by Gasteiger charge is -2.48. The second-order valence-electron chi connectivity index (χ2n) is 6.59. The Hall–Kier alpha value is -0.160. The molecule has 4 heteroatoms. The fraction of sp³-hybridized carbons (Fsp3) is 1.00. The molecule has 0 bridgehead atoms. The first kappa shape index (κ1) is 17.9. The molecule has 120 valence electrons. The minimum atomic E-state index is -1.12. The molecule has 1 aliphatic rings. The van der Waals surface area contributed by atoms with Crippen LogP contribution in [-0.4, -0.2) is 45.8 Å². The van der Waals surface area contributed by atoms with Gasteiger partial charge in [-0.15, -0.1) is 0 Å². The molecule has 20 heavy (non-hydrogen) atoms. The molecule has 1 fully saturated rings. The van der Waals surface area contributed by atoms with Gasteiger partial charge in [-0.1, -0.05) is 46.5 Å². The summed E-state index contributed by atoms with van der Waals surface area (Å²) in [7, 11) is 0. The number of hydrogen-bond acceptors (Lipinski definition) is 4. The summed E-state index contributed by atoms with van der Waals surface area (Å²) in [5, 5.41) is 30.1. The first-order valence-electron chi connectivity index (χ1n) is 8.07. The Balaban J connectivity index is 2.83. The van der Waals surface area contributed by atoms with Crippen molar-refractivity contribution in [3.63, 3.8) is 0 Å². The standard InChI is InChI=1S/C16H32O4/c1-5-7-8-10-16(4,9-6-2)15-14(19)13(18)12(17)11(3)20-15/h11-15,17-19H,5-10H2,1-4H3/t11-,12?,13?,14?,15+,16?/m0/s1. The summed E-state index contributed by atoms with van der Waals surface area (Å²) in [4.78, 5) is 0. The molecule has 1 rings (SSSR count). The molecule has 0 aromatic heterocycles. The van der Waals surface area contributed by atoms with E-state index in [1.165, 1.54) is 6.42 Å². The van der Waals surface area contributed by atoms with Gasteiger partial charge in [0, 0.05) is 0 Å². The van der Waals surface area contributed by atoms with Crippen molar-refractivity contribution < 1.29 is 20.1 Å². The van der Waals surface area contributed by atoms with Gasteiger partial charge in [-0.25, -0.2) is 0 Å². The van der Waals surface area contributed by atoms with Crippen LogP contribution in [0.15, 0.2) is 0 Å². The molecular weight excluding hydrogens is 256 g/mol. The Bertz CT molecular complexity index is 284. The van der Waals surface area contributed by atoms with E-state index in [4.69, 9.17) is 4.74 Å². The van der Waals surface area contributed by atoms with Gasteiger partial charge in [-0.3, -0.25) is 0 Å². The minimum Gasteiger partial charge on any atom is -0.388 e. The molecule has 0 aliphatic carbocycles. The van der Waals surface area contributed by atoms with E-state index < -0.39 is 30.5 Å². The van der Waals surface area contributed by atoms with Gasteiger partial charge in [0.25, 0.3) is 0 Å². The molecule has 0 amide bonds. The first-order valence-corrected chi connectivity index (χ1v) is 8.07. The number of aliphatic hydroxyl groups excluding tert-OH is 3. The lowest BCUT2D eigenvalue weighted by atomic mass is 9.71. The fourth-order valence-corrected chi connectivity index (χ4v) is 3.39. The summed E-state index contributed by atoms with van der Waals surface area (Å²) >= 11 is 0. The van der Waals surface area contributed by atoms with Crippen molar-refractivity contribution in [3.8, 4) is 0 Å². The number of aliphatic hydroxyl groups is 3. The third-order valence-electron chi connectivity index (χ3n) is 4.71. The van der Waals surface area contributed by atoms with Crippen LogP contribution in [0.25, 0.3) is 0 Å². The van der Waals surface area contributed by atoms with Gasteiger partial charge in [0.1, 0.15) is 18.3 Å². The van der Waals surface area contributed by atoms with Crippen LogP contribution in [0.4, 0.5) is 0 Å². The summed E-state index contributed by atoms with van der Waals surface area (Å²) < 4.78 is 5.87. The Labute approximate surface area is 123 Å². The van der Waals surface area contributed by atoms with Crippen molar-refractivity contribution >= 4 is 0 Å². The van der Waals surface area contributed by atoms with E-state index in [1.807, 2.05) is 0 Å². The van der Waals surface area contributed by atoms with Crippen molar-refractivity contribution in [2.75, 3.05) is 0 Å². The Morgan fingerprint density at radius 1 is 0.900 bits per heavy atom. The molecular formula is C16H32O4. The zero-order chi connectivity index (χ0) is 15.3. The Morgan fingerprint density at radius 3 is 2.10 bits per heavy atom. The topological polar surface area (TPSA) is 69.9 Å². The zero-order valence-corrected chi connectivity index (χ0v) is 13.4. The third-order valence-corrected chi connectivity index (χ3v) is 4.71. The molecule has 1 heterocycles. The molecule has 0 aromatic rings. The van der Waals surface area contributed by atoms with Gasteiger partial charge < -0.3 is 20.1 Å². The summed E-state index contributed by atoms with van der Waals surface area (Å²) in [6.45, 7) is 8.19. The predicted molar refractivity (Wildman–Crippen MR) is 79.5 cm³/mol. The van der Waals surface area contributed by atoms with Crippen LogP contribution in [0.2, 0.25) is 0 Å². The van der Waals surface area contributed by atoms with E-state index >= 15 is 0 Å². The molecule has 4 unspecified atom stereocenters. The highest BCUT2D eigenvalue weighted by Gasteiger charge is 2.48. The average molecular weight is 288 g/mol. The quantitative estimate of drug-likeness (QED) is 0.628. The average Bonchev–Trinajstić information content (AvgIpc) is 2.41. The van der Waals surface area contributed by atoms with Crippen LogP contribution < -0.4 is 0 Å². The molecule has 1 aliphatic heterocycles. The van der Waals surface area contributed by atoms with Crippen LogP contribution in [0.5, 0.6) is 0 Å². The summed E-state index contributed by atoms with van der Waals surface area (Å²) in [6.07, 6.45) is 2.38. The molecule has 0 aromatic carbocycles. The summed E-state index contributed by atoms with van der Waals surface area (Å²) in [5.41, 5.74) is -0.154.